The van der Waals surface area contributed by atoms with E-state index in [4.69, 9.17) is 14.2 Å². The summed E-state index contributed by atoms with van der Waals surface area (Å²) in [4.78, 5) is 47.2. The van der Waals surface area contributed by atoms with E-state index in [2.05, 4.69) is 4.90 Å². The molecular formula is C27H39N3O7. The highest BCUT2D eigenvalue weighted by Gasteiger charge is 2.75. The van der Waals surface area contributed by atoms with E-state index in [1.807, 2.05) is 31.2 Å². The summed E-state index contributed by atoms with van der Waals surface area (Å²) in [6.07, 6.45) is 10.1. The number of carbonyl (C=O) groups is 3. The van der Waals surface area contributed by atoms with Crippen LogP contribution in [0.1, 0.15) is 33.1 Å². The Hall–Kier alpha value is -2.27. The van der Waals surface area contributed by atoms with Crippen molar-refractivity contribution in [1.82, 2.24) is 14.7 Å². The van der Waals surface area contributed by atoms with Gasteiger partial charge in [0.15, 0.2) is 0 Å². The van der Waals surface area contributed by atoms with Crippen molar-refractivity contribution >= 4 is 17.8 Å². The first-order valence-corrected chi connectivity index (χ1v) is 13.6. The number of aliphatic hydroxyl groups is 1. The third kappa shape index (κ3) is 4.51. The Kier molecular flexibility index (Phi) is 7.46. The smallest absolute Gasteiger partial charge is 0.313 e. The first kappa shape index (κ1) is 26.3. The van der Waals surface area contributed by atoms with Crippen LogP contribution in [0.3, 0.4) is 0 Å². The number of likely N-dealkylation sites (tertiary alicyclic amines) is 1. The molecule has 1 N–H and O–H groups in total. The molecule has 2 amide bonds. The van der Waals surface area contributed by atoms with Crippen LogP contribution in [0.15, 0.2) is 24.3 Å². The predicted molar refractivity (Wildman–Crippen MR) is 133 cm³/mol. The van der Waals surface area contributed by atoms with Crippen LogP contribution in [-0.2, 0) is 28.6 Å². The van der Waals surface area contributed by atoms with Gasteiger partial charge in [0.1, 0.15) is 17.6 Å². The Morgan fingerprint density at radius 1 is 1.03 bits per heavy atom. The number of amides is 2. The maximum absolute atomic E-state index is 14.2. The van der Waals surface area contributed by atoms with Gasteiger partial charge >= 0.3 is 5.97 Å². The van der Waals surface area contributed by atoms with Gasteiger partial charge in [0.2, 0.25) is 11.8 Å². The number of cyclic esters (lactones) is 1. The fourth-order valence-corrected chi connectivity index (χ4v) is 6.63. The minimum Gasteiger partial charge on any atom is -0.465 e. The van der Waals surface area contributed by atoms with Crippen LogP contribution in [0.4, 0.5) is 0 Å². The van der Waals surface area contributed by atoms with Gasteiger partial charge < -0.3 is 29.1 Å². The molecule has 0 radical (unpaired) electrons. The molecule has 5 aliphatic heterocycles. The van der Waals surface area contributed by atoms with Crippen molar-refractivity contribution in [2.24, 2.45) is 11.8 Å². The van der Waals surface area contributed by atoms with Gasteiger partial charge in [0, 0.05) is 32.7 Å². The summed E-state index contributed by atoms with van der Waals surface area (Å²) in [6.45, 7) is 8.09. The zero-order valence-electron chi connectivity index (χ0n) is 21.8. The molecule has 0 aliphatic carbocycles. The molecule has 3 fully saturated rings. The molecule has 5 heterocycles. The second kappa shape index (κ2) is 10.5. The van der Waals surface area contributed by atoms with Gasteiger partial charge in [0.05, 0.1) is 44.0 Å². The van der Waals surface area contributed by atoms with Gasteiger partial charge in [0.25, 0.3) is 0 Å². The zero-order chi connectivity index (χ0) is 26.2. The molecule has 5 aliphatic rings. The molecule has 0 aromatic heterocycles. The topological polar surface area (TPSA) is 109 Å². The molecule has 0 aromatic rings. The number of aliphatic hydroxyl groups excluding tert-OH is 1. The highest BCUT2D eigenvalue weighted by molar-refractivity contribution is 5.99. The Morgan fingerprint density at radius 3 is 2.57 bits per heavy atom. The predicted octanol–water partition coefficient (Wildman–Crippen LogP) is 0.352. The van der Waals surface area contributed by atoms with Crippen LogP contribution in [0, 0.1) is 11.8 Å². The summed E-state index contributed by atoms with van der Waals surface area (Å²) >= 11 is 0. The van der Waals surface area contributed by atoms with E-state index in [-0.39, 0.29) is 25.0 Å². The average Bonchev–Trinajstić information content (AvgIpc) is 3.23. The lowest BCUT2D eigenvalue weighted by atomic mass is 9.74. The molecule has 204 valence electrons. The molecule has 3 saturated heterocycles. The Bertz CT molecular complexity index is 964. The van der Waals surface area contributed by atoms with Crippen LogP contribution in [0.25, 0.3) is 0 Å². The van der Waals surface area contributed by atoms with Gasteiger partial charge in [-0.25, -0.2) is 0 Å². The lowest BCUT2D eigenvalue weighted by molar-refractivity contribution is -0.161. The van der Waals surface area contributed by atoms with E-state index in [0.29, 0.717) is 32.8 Å². The maximum Gasteiger partial charge on any atom is 0.313 e. The van der Waals surface area contributed by atoms with Crippen molar-refractivity contribution in [3.8, 4) is 0 Å². The van der Waals surface area contributed by atoms with Crippen LogP contribution < -0.4 is 0 Å². The molecule has 0 aromatic carbocycles. The molecular weight excluding hydrogens is 478 g/mol. The number of ether oxygens (including phenoxy) is 3. The Labute approximate surface area is 218 Å². The minimum absolute atomic E-state index is 0.223. The molecule has 1 spiro atoms. The van der Waals surface area contributed by atoms with Crippen LogP contribution >= 0.6 is 0 Å². The van der Waals surface area contributed by atoms with Crippen molar-refractivity contribution in [3.63, 3.8) is 0 Å². The fraction of sp³-hybridized carbons (Fsp3) is 0.741. The highest BCUT2D eigenvalue weighted by Crippen LogP contribution is 2.57. The molecule has 10 heteroatoms. The van der Waals surface area contributed by atoms with E-state index in [9.17, 15) is 19.5 Å². The summed E-state index contributed by atoms with van der Waals surface area (Å²) in [6, 6.07) is -1.59. The third-order valence-corrected chi connectivity index (χ3v) is 8.55. The minimum atomic E-state index is -1.33. The third-order valence-electron chi connectivity index (χ3n) is 8.55. The maximum atomic E-state index is 14.2. The van der Waals surface area contributed by atoms with Gasteiger partial charge in [-0.2, -0.15) is 0 Å². The van der Waals surface area contributed by atoms with Crippen molar-refractivity contribution in [1.29, 1.82) is 0 Å². The molecule has 10 nitrogen and oxygen atoms in total. The van der Waals surface area contributed by atoms with Gasteiger partial charge in [-0.05, 0) is 33.1 Å². The second-order valence-corrected chi connectivity index (χ2v) is 11.0. The Balaban J connectivity index is 1.52. The number of hydrogen-bond donors (Lipinski definition) is 1. The van der Waals surface area contributed by atoms with Crippen molar-refractivity contribution in [2.75, 3.05) is 59.2 Å². The first-order valence-electron chi connectivity index (χ1n) is 13.6. The van der Waals surface area contributed by atoms with E-state index >= 15 is 0 Å². The number of esters is 1. The lowest BCUT2D eigenvalue weighted by Crippen LogP contribution is -2.58. The van der Waals surface area contributed by atoms with Gasteiger partial charge in [-0.1, -0.05) is 24.3 Å². The molecule has 37 heavy (non-hydrogen) atoms. The molecule has 0 bridgehead atoms. The monoisotopic (exact) mass is 517 g/mol. The van der Waals surface area contributed by atoms with Gasteiger partial charge in [-0.3, -0.25) is 19.3 Å². The quantitative estimate of drug-likeness (QED) is 0.411. The summed E-state index contributed by atoms with van der Waals surface area (Å²) in [7, 11) is 0. The number of nitrogens with zero attached hydrogens (tertiary/aromatic N) is 3. The number of fused-ring (bicyclic) bond motifs is 2. The van der Waals surface area contributed by atoms with Crippen molar-refractivity contribution in [2.45, 2.75) is 56.4 Å². The second-order valence-electron chi connectivity index (χ2n) is 11.0. The molecule has 1 unspecified atom stereocenters. The molecule has 0 saturated carbocycles. The fourth-order valence-electron chi connectivity index (χ4n) is 6.63. The summed E-state index contributed by atoms with van der Waals surface area (Å²) in [5.74, 6) is -2.87. The number of carbonyl (C=O) groups excluding carboxylic acids is 3. The van der Waals surface area contributed by atoms with Gasteiger partial charge in [-0.15, -0.1) is 0 Å². The molecule has 6 atom stereocenters. The summed E-state index contributed by atoms with van der Waals surface area (Å²) in [5.41, 5.74) is -2.43. The number of hydrogen-bond acceptors (Lipinski definition) is 8. The van der Waals surface area contributed by atoms with E-state index < -0.39 is 41.1 Å². The largest absolute Gasteiger partial charge is 0.465 e. The SMILES string of the molecule is C[C@H](CO)N1C(=O)[C@@H]2[C@@H]3C(=O)OCCCC/C=C\[C@]3(C)O[C@@]23C=CCN(CCN2CCOCC2)C(=O)C13. The molecule has 5 rings (SSSR count). The highest BCUT2D eigenvalue weighted by atomic mass is 16.6. The van der Waals surface area contributed by atoms with Crippen LogP contribution in [0.2, 0.25) is 0 Å². The van der Waals surface area contributed by atoms with E-state index in [0.717, 1.165) is 32.4 Å². The number of allylic oxidation sites excluding steroid dienone is 1. The normalized spacial score (nSPS) is 38.5. The average molecular weight is 518 g/mol. The van der Waals surface area contributed by atoms with Crippen molar-refractivity contribution < 1.29 is 33.7 Å². The van der Waals surface area contributed by atoms with Crippen LogP contribution in [-0.4, -0.2) is 120 Å². The van der Waals surface area contributed by atoms with E-state index in [1.165, 1.54) is 4.90 Å². The summed E-state index contributed by atoms with van der Waals surface area (Å²) in [5, 5.41) is 10.0. The Morgan fingerprint density at radius 2 is 1.81 bits per heavy atom. The number of rotatable bonds is 5. The van der Waals surface area contributed by atoms with Crippen LogP contribution in [0.5, 0.6) is 0 Å². The van der Waals surface area contributed by atoms with Crippen molar-refractivity contribution in [3.05, 3.63) is 24.3 Å². The zero-order valence-corrected chi connectivity index (χ0v) is 21.8. The number of morpholine rings is 1. The lowest BCUT2D eigenvalue weighted by Gasteiger charge is -2.39. The first-order chi connectivity index (χ1) is 17.8. The van der Waals surface area contributed by atoms with E-state index in [1.54, 1.807) is 11.8 Å². The standard InChI is InChI=1S/C27H39N3O7/c1-19(18-31)30-22-24(33)29(12-11-28-13-16-35-17-14-28)10-7-9-27(22)20(23(30)32)21-25(34)36-15-6-4-3-5-8-26(21,2)37-27/h5,7-9,19-22,31H,3-4,6,10-18H2,1-2H3/b8-5-/t19-,20+,21-,22?,26+,27+/m1/s1. The summed E-state index contributed by atoms with van der Waals surface area (Å²) < 4.78 is 17.8.